The molecule has 0 radical (unpaired) electrons. The van der Waals surface area contributed by atoms with Gasteiger partial charge in [0, 0.05) is 12.1 Å². The van der Waals surface area contributed by atoms with Crippen LogP contribution in [0.15, 0.2) is 30.8 Å². The summed E-state index contributed by atoms with van der Waals surface area (Å²) < 4.78 is 12.1. The second-order valence-electron chi connectivity index (χ2n) is 2.54. The summed E-state index contributed by atoms with van der Waals surface area (Å²) in [6, 6.07) is 5.63. The summed E-state index contributed by atoms with van der Waals surface area (Å²) in [5.74, 6) is 0. The Morgan fingerprint density at radius 2 is 2.00 bits per heavy atom. The van der Waals surface area contributed by atoms with Crippen LogP contribution in [-0.2, 0) is 0 Å². The molecule has 1 aromatic carbocycles. The predicted molar refractivity (Wildman–Crippen MR) is 48.1 cm³/mol. The second-order valence-corrected chi connectivity index (χ2v) is 2.54. The normalized spacial score (nSPS) is 9.62. The molecule has 0 amide bonds. The van der Waals surface area contributed by atoms with Crippen LogP contribution in [0.4, 0.5) is 10.1 Å². The van der Waals surface area contributed by atoms with Crippen molar-refractivity contribution < 1.29 is 9.31 Å². The summed E-state index contributed by atoms with van der Waals surface area (Å²) in [6.07, 6.45) is 0. The van der Waals surface area contributed by atoms with Gasteiger partial charge in [0.05, 0.1) is 4.92 Å². The van der Waals surface area contributed by atoms with Crippen LogP contribution in [0.1, 0.15) is 5.56 Å². The van der Waals surface area contributed by atoms with Crippen molar-refractivity contribution in [2.45, 2.75) is 0 Å². The number of nitro benzene ring substituents is 1. The number of nitrogens with zero attached hydrogens (tertiary/aromatic N) is 1. The Morgan fingerprint density at radius 1 is 1.46 bits per heavy atom. The lowest BCUT2D eigenvalue weighted by atomic mass is 10.1. The van der Waals surface area contributed by atoms with Crippen LogP contribution in [0, 0.1) is 10.1 Å². The van der Waals surface area contributed by atoms with Gasteiger partial charge in [0.1, 0.15) is 6.67 Å². The van der Waals surface area contributed by atoms with Crippen LogP contribution in [0.25, 0.3) is 5.57 Å². The van der Waals surface area contributed by atoms with E-state index >= 15 is 0 Å². The van der Waals surface area contributed by atoms with Crippen LogP contribution in [0.2, 0.25) is 0 Å². The highest BCUT2D eigenvalue weighted by Crippen LogP contribution is 2.17. The van der Waals surface area contributed by atoms with Gasteiger partial charge in [-0.1, -0.05) is 6.58 Å². The molecule has 13 heavy (non-hydrogen) atoms. The van der Waals surface area contributed by atoms with Crippen molar-refractivity contribution in [1.29, 1.82) is 0 Å². The Bertz CT molecular complexity index is 332. The number of non-ortho nitro benzene ring substituents is 1. The fourth-order valence-corrected chi connectivity index (χ4v) is 0.896. The van der Waals surface area contributed by atoms with Crippen LogP contribution < -0.4 is 0 Å². The number of rotatable bonds is 3. The fourth-order valence-electron chi connectivity index (χ4n) is 0.896. The Balaban J connectivity index is 2.93. The lowest BCUT2D eigenvalue weighted by Crippen LogP contribution is -1.89. The Kier molecular flexibility index (Phi) is 2.74. The van der Waals surface area contributed by atoms with Gasteiger partial charge in [-0.05, 0) is 23.3 Å². The van der Waals surface area contributed by atoms with E-state index in [1.165, 1.54) is 24.3 Å². The Hall–Kier alpha value is -1.71. The molecule has 0 saturated heterocycles. The molecule has 0 fully saturated rings. The van der Waals surface area contributed by atoms with Crippen LogP contribution >= 0.6 is 0 Å². The summed E-state index contributed by atoms with van der Waals surface area (Å²) in [5.41, 5.74) is 0.915. The average molecular weight is 181 g/mol. The number of halogens is 1. The van der Waals surface area contributed by atoms with Gasteiger partial charge in [0.15, 0.2) is 0 Å². The molecular formula is C9H8FNO2. The van der Waals surface area contributed by atoms with E-state index in [0.717, 1.165) is 0 Å². The highest BCUT2D eigenvalue weighted by Gasteiger charge is 2.04. The molecule has 3 nitrogen and oxygen atoms in total. The monoisotopic (exact) mass is 181 g/mol. The minimum absolute atomic E-state index is 0.00425. The van der Waals surface area contributed by atoms with Gasteiger partial charge in [0.25, 0.3) is 5.69 Å². The van der Waals surface area contributed by atoms with Gasteiger partial charge in [-0.15, -0.1) is 0 Å². The zero-order valence-electron chi connectivity index (χ0n) is 6.87. The maximum absolute atomic E-state index is 12.1. The van der Waals surface area contributed by atoms with Crippen molar-refractivity contribution in [3.8, 4) is 0 Å². The van der Waals surface area contributed by atoms with E-state index in [4.69, 9.17) is 0 Å². The molecule has 0 N–H and O–H groups in total. The molecule has 0 aliphatic rings. The third kappa shape index (κ3) is 2.11. The predicted octanol–water partition coefficient (Wildman–Crippen LogP) is 2.58. The molecule has 0 unspecified atom stereocenters. The van der Waals surface area contributed by atoms with E-state index in [0.29, 0.717) is 11.1 Å². The summed E-state index contributed by atoms with van der Waals surface area (Å²) in [4.78, 5) is 9.76. The SMILES string of the molecule is C=C(CF)c1ccc([N+](=O)[O-])cc1. The molecule has 0 saturated carbocycles. The number of alkyl halides is 1. The maximum Gasteiger partial charge on any atom is 0.269 e. The third-order valence-electron chi connectivity index (χ3n) is 1.65. The molecule has 0 atom stereocenters. The standard InChI is InChI=1S/C9H8FNO2/c1-7(6-10)8-2-4-9(5-3-8)11(12)13/h2-5H,1,6H2. The van der Waals surface area contributed by atoms with E-state index in [9.17, 15) is 14.5 Å². The van der Waals surface area contributed by atoms with E-state index in [1.54, 1.807) is 0 Å². The number of nitro groups is 1. The number of hydrogen-bond acceptors (Lipinski definition) is 2. The molecule has 0 bridgehead atoms. The smallest absolute Gasteiger partial charge is 0.258 e. The summed E-state index contributed by atoms with van der Waals surface area (Å²) in [6.45, 7) is 2.83. The average Bonchev–Trinajstić information content (AvgIpc) is 2.17. The molecule has 68 valence electrons. The zero-order chi connectivity index (χ0) is 9.84. The quantitative estimate of drug-likeness (QED) is 0.531. The minimum Gasteiger partial charge on any atom is -0.258 e. The Labute approximate surface area is 74.7 Å². The number of hydrogen-bond donors (Lipinski definition) is 0. The molecule has 1 rings (SSSR count). The highest BCUT2D eigenvalue weighted by molar-refractivity contribution is 5.64. The van der Waals surface area contributed by atoms with E-state index in [-0.39, 0.29) is 5.69 Å². The third-order valence-corrected chi connectivity index (χ3v) is 1.65. The van der Waals surface area contributed by atoms with Crippen LogP contribution in [-0.4, -0.2) is 11.6 Å². The van der Waals surface area contributed by atoms with Crippen molar-refractivity contribution in [1.82, 2.24) is 0 Å². The molecule has 0 heterocycles. The van der Waals surface area contributed by atoms with Crippen LogP contribution in [0.5, 0.6) is 0 Å². The summed E-state index contributed by atoms with van der Waals surface area (Å²) in [7, 11) is 0. The van der Waals surface area contributed by atoms with Gasteiger partial charge in [-0.3, -0.25) is 10.1 Å². The molecule has 0 spiro atoms. The maximum atomic E-state index is 12.1. The molecular weight excluding hydrogens is 173 g/mol. The zero-order valence-corrected chi connectivity index (χ0v) is 6.87. The van der Waals surface area contributed by atoms with E-state index in [2.05, 4.69) is 6.58 Å². The first-order valence-electron chi connectivity index (χ1n) is 3.63. The number of allylic oxidation sites excluding steroid dienone is 1. The lowest BCUT2D eigenvalue weighted by Gasteiger charge is -1.99. The van der Waals surface area contributed by atoms with Gasteiger partial charge >= 0.3 is 0 Å². The molecule has 0 aromatic heterocycles. The van der Waals surface area contributed by atoms with Crippen molar-refractivity contribution in [2.75, 3.05) is 6.67 Å². The Morgan fingerprint density at radius 3 is 2.38 bits per heavy atom. The first-order chi connectivity index (χ1) is 6.15. The largest absolute Gasteiger partial charge is 0.269 e. The van der Waals surface area contributed by atoms with Gasteiger partial charge in [-0.2, -0.15) is 0 Å². The number of benzene rings is 1. The minimum atomic E-state index is -0.641. The highest BCUT2D eigenvalue weighted by atomic mass is 19.1. The van der Waals surface area contributed by atoms with Crippen molar-refractivity contribution >= 4 is 11.3 Å². The first kappa shape index (κ1) is 9.38. The van der Waals surface area contributed by atoms with Gasteiger partial charge in [0.2, 0.25) is 0 Å². The fraction of sp³-hybridized carbons (Fsp3) is 0.111. The molecule has 4 heteroatoms. The van der Waals surface area contributed by atoms with Gasteiger partial charge in [-0.25, -0.2) is 4.39 Å². The lowest BCUT2D eigenvalue weighted by molar-refractivity contribution is -0.384. The molecule has 0 aliphatic heterocycles. The summed E-state index contributed by atoms with van der Waals surface area (Å²) in [5, 5.41) is 10.3. The van der Waals surface area contributed by atoms with Crippen molar-refractivity contribution in [3.05, 3.63) is 46.5 Å². The molecule has 1 aromatic rings. The van der Waals surface area contributed by atoms with Crippen molar-refractivity contribution in [3.63, 3.8) is 0 Å². The second kappa shape index (κ2) is 3.80. The van der Waals surface area contributed by atoms with Gasteiger partial charge < -0.3 is 0 Å². The summed E-state index contributed by atoms with van der Waals surface area (Å²) >= 11 is 0. The van der Waals surface area contributed by atoms with E-state index < -0.39 is 11.6 Å². The molecule has 0 aliphatic carbocycles. The van der Waals surface area contributed by atoms with Crippen LogP contribution in [0.3, 0.4) is 0 Å². The first-order valence-corrected chi connectivity index (χ1v) is 3.63. The topological polar surface area (TPSA) is 43.1 Å². The van der Waals surface area contributed by atoms with E-state index in [1.807, 2.05) is 0 Å². The van der Waals surface area contributed by atoms with Crippen molar-refractivity contribution in [2.24, 2.45) is 0 Å².